The van der Waals surface area contributed by atoms with Gasteiger partial charge in [-0.1, -0.05) is 6.92 Å². The van der Waals surface area contributed by atoms with Gasteiger partial charge in [-0.2, -0.15) is 0 Å². The first-order valence-corrected chi connectivity index (χ1v) is 17.4. The molecule has 16 nitrogen and oxygen atoms in total. The van der Waals surface area contributed by atoms with Crippen molar-refractivity contribution in [2.45, 2.75) is 32.6 Å². The number of carbonyl (C=O) groups excluding carboxylic acids is 3. The molecule has 1 unspecified atom stereocenters. The molecule has 3 saturated heterocycles. The van der Waals surface area contributed by atoms with Crippen molar-refractivity contribution in [3.8, 4) is 0 Å². The van der Waals surface area contributed by atoms with E-state index >= 15 is 0 Å². The summed E-state index contributed by atoms with van der Waals surface area (Å²) in [6.45, 7) is 15.4. The molecule has 3 fully saturated rings. The maximum absolute atomic E-state index is 12.9. The van der Waals surface area contributed by atoms with Gasteiger partial charge in [0, 0.05) is 97.9 Å². The Bertz CT molecular complexity index is 992. The van der Waals surface area contributed by atoms with Crippen LogP contribution in [0.2, 0.25) is 0 Å². The van der Waals surface area contributed by atoms with E-state index in [0.29, 0.717) is 109 Å². The molecule has 3 aliphatic rings. The van der Waals surface area contributed by atoms with Gasteiger partial charge in [0.25, 0.3) is 0 Å². The number of nitrogens with zero attached hydrogens (tertiary/aromatic N) is 8. The van der Waals surface area contributed by atoms with E-state index in [1.165, 1.54) is 0 Å². The zero-order chi connectivity index (χ0) is 34.2. The lowest BCUT2D eigenvalue weighted by molar-refractivity contribution is -0.906. The van der Waals surface area contributed by atoms with E-state index in [9.17, 15) is 24.3 Å². The molecule has 2 amide bonds. The van der Waals surface area contributed by atoms with Gasteiger partial charge < -0.3 is 29.0 Å². The Morgan fingerprint density at radius 3 is 1.68 bits per heavy atom. The minimum atomic E-state index is -0.842. The van der Waals surface area contributed by atoms with E-state index in [2.05, 4.69) is 16.8 Å². The maximum Gasteiger partial charge on any atom is 0.361 e. The molecule has 16 heteroatoms. The number of carbonyl (C=O) groups is 4. The number of carboxylic acids is 1. The fraction of sp³-hybridized carbons (Fsp3) is 0.871. The summed E-state index contributed by atoms with van der Waals surface area (Å²) in [6, 6.07) is 0. The highest BCUT2D eigenvalue weighted by molar-refractivity contribution is 5.76. The largest absolute Gasteiger partial charge is 0.480 e. The van der Waals surface area contributed by atoms with Crippen molar-refractivity contribution in [1.29, 1.82) is 0 Å². The van der Waals surface area contributed by atoms with Gasteiger partial charge in [-0.25, -0.2) is 14.8 Å². The molecule has 270 valence electrons. The second-order valence-electron chi connectivity index (χ2n) is 13.4. The summed E-state index contributed by atoms with van der Waals surface area (Å²) in [7, 11) is 2.09. The second kappa shape index (κ2) is 20.2. The number of piperazine rings is 2. The number of ether oxygens (including phenoxy) is 1. The highest BCUT2D eigenvalue weighted by Crippen LogP contribution is 2.11. The van der Waals surface area contributed by atoms with Crippen LogP contribution < -0.4 is 11.7 Å². The molecule has 3 rings (SSSR count). The van der Waals surface area contributed by atoms with Gasteiger partial charge in [-0.3, -0.25) is 35.9 Å². The molecule has 0 saturated carbocycles. The van der Waals surface area contributed by atoms with Gasteiger partial charge in [0.05, 0.1) is 20.1 Å². The van der Waals surface area contributed by atoms with E-state index in [4.69, 9.17) is 16.4 Å². The molecule has 5 N–H and O–H groups in total. The zero-order valence-corrected chi connectivity index (χ0v) is 28.9. The molecule has 1 atom stereocenters. The Balaban J connectivity index is 1.58. The van der Waals surface area contributed by atoms with Crippen molar-refractivity contribution in [3.63, 3.8) is 0 Å². The molecule has 47 heavy (non-hydrogen) atoms. The first-order chi connectivity index (χ1) is 22.5. The Morgan fingerprint density at radius 1 is 0.766 bits per heavy atom. The summed E-state index contributed by atoms with van der Waals surface area (Å²) >= 11 is 0. The third-order valence-corrected chi connectivity index (χ3v) is 9.70. The van der Waals surface area contributed by atoms with Crippen LogP contribution in [-0.4, -0.2) is 212 Å². The Morgan fingerprint density at radius 2 is 1.23 bits per heavy atom. The van der Waals surface area contributed by atoms with Crippen LogP contribution in [0.25, 0.3) is 0 Å². The summed E-state index contributed by atoms with van der Waals surface area (Å²) in [5.41, 5.74) is 0. The van der Waals surface area contributed by atoms with Crippen LogP contribution in [0.4, 0.5) is 0 Å². The molecule has 3 heterocycles. The molecule has 0 spiro atoms. The van der Waals surface area contributed by atoms with Gasteiger partial charge in [-0.15, -0.1) is 0 Å². The molecule has 0 bridgehead atoms. The van der Waals surface area contributed by atoms with Crippen molar-refractivity contribution < 1.29 is 33.5 Å². The first kappa shape index (κ1) is 39.0. The van der Waals surface area contributed by atoms with Crippen molar-refractivity contribution in [3.05, 3.63) is 0 Å². The minimum absolute atomic E-state index is 0.00460. The molecule has 0 aromatic rings. The van der Waals surface area contributed by atoms with Crippen molar-refractivity contribution in [2.24, 2.45) is 11.7 Å². The number of hydrazine groups is 2. The molecule has 0 aromatic carbocycles. The number of hydrogen-bond acceptors (Lipinski definition) is 12. The fourth-order valence-corrected chi connectivity index (χ4v) is 6.33. The summed E-state index contributed by atoms with van der Waals surface area (Å²) in [6.07, 6.45) is 2.39. The van der Waals surface area contributed by atoms with E-state index in [-0.39, 0.29) is 24.3 Å². The van der Waals surface area contributed by atoms with Gasteiger partial charge in [0.1, 0.15) is 13.2 Å². The monoisotopic (exact) mass is 669 g/mol. The summed E-state index contributed by atoms with van der Waals surface area (Å²) < 4.78 is 5.82. The number of morpholine rings is 1. The van der Waals surface area contributed by atoms with Crippen LogP contribution in [-0.2, 0) is 23.9 Å². The predicted molar refractivity (Wildman–Crippen MR) is 178 cm³/mol. The Kier molecular flexibility index (Phi) is 16.7. The van der Waals surface area contributed by atoms with Crippen LogP contribution in [0, 0.1) is 0 Å². The number of rotatable bonds is 20. The lowest BCUT2D eigenvalue weighted by Gasteiger charge is -2.38. The number of carboxylic acid groups (broad SMARTS) is 1. The van der Waals surface area contributed by atoms with E-state index in [1.54, 1.807) is 10.0 Å². The van der Waals surface area contributed by atoms with Crippen LogP contribution in [0.1, 0.15) is 32.6 Å². The van der Waals surface area contributed by atoms with Gasteiger partial charge >= 0.3 is 11.9 Å². The third-order valence-electron chi connectivity index (χ3n) is 9.70. The molecule has 0 radical (unpaired) electrons. The SMILES string of the molecule is CCN(CCN(CCCC(=O)N1CCN(N)CC1)CCN(CCCC(=O)N1CCN(N)CC1)CC[N+]1(C)CCOC(=O)C1)CC(=O)O. The Hall–Kier alpha value is -2.44. The molecule has 0 aromatic heterocycles. The average molecular weight is 670 g/mol. The second-order valence-corrected chi connectivity index (χ2v) is 13.4. The van der Waals surface area contributed by atoms with Crippen LogP contribution in [0.15, 0.2) is 0 Å². The normalized spacial score (nSPS) is 21.6. The zero-order valence-electron chi connectivity index (χ0n) is 28.9. The van der Waals surface area contributed by atoms with Crippen molar-refractivity contribution in [2.75, 3.05) is 145 Å². The lowest BCUT2D eigenvalue weighted by Crippen LogP contribution is -2.56. The van der Waals surface area contributed by atoms with Gasteiger partial charge in [0.15, 0.2) is 6.54 Å². The number of amides is 2. The topological polar surface area (TPSA) is 172 Å². The molecular weight excluding hydrogens is 608 g/mol. The maximum atomic E-state index is 12.9. The van der Waals surface area contributed by atoms with E-state index in [0.717, 1.165) is 52.2 Å². The molecular formula is C31H61N10O6+. The van der Waals surface area contributed by atoms with Gasteiger partial charge in [0.2, 0.25) is 11.8 Å². The summed E-state index contributed by atoms with van der Waals surface area (Å²) in [5, 5.41) is 12.8. The minimum Gasteiger partial charge on any atom is -0.480 e. The number of quaternary nitrogens is 1. The smallest absolute Gasteiger partial charge is 0.361 e. The number of nitrogens with two attached hydrogens (primary N) is 2. The van der Waals surface area contributed by atoms with Crippen LogP contribution in [0.3, 0.4) is 0 Å². The predicted octanol–water partition coefficient (Wildman–Crippen LogP) is -2.40. The third kappa shape index (κ3) is 14.7. The highest BCUT2D eigenvalue weighted by atomic mass is 16.5. The highest BCUT2D eigenvalue weighted by Gasteiger charge is 2.31. The average Bonchev–Trinajstić information content (AvgIpc) is 3.03. The Labute approximate surface area is 280 Å². The number of hydrogen-bond donors (Lipinski definition) is 3. The molecule has 0 aliphatic carbocycles. The van der Waals surface area contributed by atoms with E-state index in [1.807, 2.05) is 21.6 Å². The number of likely N-dealkylation sites (N-methyl/N-ethyl adjacent to an activating group) is 2. The number of aliphatic carboxylic acids is 1. The number of esters is 1. The first-order valence-electron chi connectivity index (χ1n) is 17.4. The fourth-order valence-electron chi connectivity index (χ4n) is 6.33. The van der Waals surface area contributed by atoms with Crippen LogP contribution in [0.5, 0.6) is 0 Å². The van der Waals surface area contributed by atoms with Crippen molar-refractivity contribution >= 4 is 23.8 Å². The summed E-state index contributed by atoms with van der Waals surface area (Å²) in [4.78, 5) is 59.6. The number of cyclic esters (lactones) is 1. The van der Waals surface area contributed by atoms with Crippen molar-refractivity contribution in [1.82, 2.24) is 34.5 Å². The molecule has 3 aliphatic heterocycles. The van der Waals surface area contributed by atoms with Crippen LogP contribution >= 0.6 is 0 Å². The standard InChI is InChI=1S/C31H60N10O6/c1-3-34(26-30(44)45)10-11-35(8-4-6-28(42)37-14-18-39(32)19-15-37)12-13-36(22-23-41(2)24-25-47-31(46)27-41)9-5-7-29(43)38-16-20-40(33)21-17-38/h3-27,32-33H2,1-2H3/p+1. The van der Waals surface area contributed by atoms with Gasteiger partial charge in [-0.05, 0) is 32.5 Å². The quantitative estimate of drug-likeness (QED) is 0.0712. The summed E-state index contributed by atoms with van der Waals surface area (Å²) in [5.74, 6) is 11.0. The lowest BCUT2D eigenvalue weighted by atomic mass is 10.2. The van der Waals surface area contributed by atoms with E-state index < -0.39 is 5.97 Å².